The van der Waals surface area contributed by atoms with E-state index in [-0.39, 0.29) is 11.7 Å². The van der Waals surface area contributed by atoms with Gasteiger partial charge in [0, 0.05) is 12.1 Å². The fourth-order valence-corrected chi connectivity index (χ4v) is 2.06. The Hall–Kier alpha value is -1.50. The van der Waals surface area contributed by atoms with Crippen molar-refractivity contribution in [2.45, 2.75) is 0 Å². The number of carbonyl (C=O) groups is 1. The van der Waals surface area contributed by atoms with Crippen LogP contribution in [0.2, 0.25) is 5.02 Å². The first-order valence-corrected chi connectivity index (χ1v) is 7.25. The molecule has 7 heteroatoms. The molecule has 0 aliphatic heterocycles. The summed E-state index contributed by atoms with van der Waals surface area (Å²) in [6.45, 7) is 0.814. The Labute approximate surface area is 135 Å². The highest BCUT2D eigenvalue weighted by Gasteiger charge is 2.14. The molecule has 0 atom stereocenters. The molecule has 1 aromatic carbocycles. The smallest absolute Gasteiger partial charge is 0.291 e. The number of ether oxygens (including phenoxy) is 2. The van der Waals surface area contributed by atoms with E-state index in [0.29, 0.717) is 34.3 Å². The van der Waals surface area contributed by atoms with Crippen molar-refractivity contribution >= 4 is 39.1 Å². The molecule has 2 rings (SSSR count). The molecule has 1 N–H and O–H groups in total. The minimum atomic E-state index is -0.389. The van der Waals surface area contributed by atoms with Gasteiger partial charge in [0.25, 0.3) is 5.91 Å². The summed E-state index contributed by atoms with van der Waals surface area (Å²) in [7, 11) is 1.59. The van der Waals surface area contributed by atoms with E-state index in [4.69, 9.17) is 25.5 Å². The van der Waals surface area contributed by atoms with Gasteiger partial charge in [-0.2, -0.15) is 0 Å². The first kappa shape index (κ1) is 15.9. The van der Waals surface area contributed by atoms with E-state index in [9.17, 15) is 4.79 Å². The topological polar surface area (TPSA) is 60.7 Å². The lowest BCUT2D eigenvalue weighted by atomic mass is 10.2. The van der Waals surface area contributed by atoms with Crippen LogP contribution in [-0.2, 0) is 4.74 Å². The summed E-state index contributed by atoms with van der Waals surface area (Å²) in [5.41, 5.74) is 0.469. The van der Waals surface area contributed by atoms with Gasteiger partial charge in [-0.05, 0) is 46.3 Å². The molecule has 2 aromatic rings. The number of benzene rings is 1. The monoisotopic (exact) mass is 373 g/mol. The maximum absolute atomic E-state index is 12.1. The van der Waals surface area contributed by atoms with Gasteiger partial charge in [-0.25, -0.2) is 0 Å². The predicted octanol–water partition coefficient (Wildman–Crippen LogP) is 3.97. The lowest BCUT2D eigenvalue weighted by molar-refractivity contribution is 0.0994. The summed E-state index contributed by atoms with van der Waals surface area (Å²) in [6.07, 6.45) is 0. The Kier molecular flexibility index (Phi) is 5.67. The van der Waals surface area contributed by atoms with E-state index in [1.165, 1.54) is 0 Å². The minimum absolute atomic E-state index is 0.185. The van der Waals surface area contributed by atoms with Gasteiger partial charge < -0.3 is 19.2 Å². The van der Waals surface area contributed by atoms with Gasteiger partial charge in [0.05, 0.1) is 12.3 Å². The molecule has 0 fully saturated rings. The number of halogens is 2. The zero-order chi connectivity index (χ0) is 15.2. The highest BCUT2D eigenvalue weighted by molar-refractivity contribution is 9.10. The van der Waals surface area contributed by atoms with Crippen molar-refractivity contribution in [3.63, 3.8) is 0 Å². The van der Waals surface area contributed by atoms with Gasteiger partial charge in [0.2, 0.25) is 0 Å². The lowest BCUT2D eigenvalue weighted by Crippen LogP contribution is -2.13. The zero-order valence-corrected chi connectivity index (χ0v) is 13.5. The molecule has 5 nitrogen and oxygen atoms in total. The molecule has 0 saturated heterocycles. The Bertz CT molecular complexity index is 629. The van der Waals surface area contributed by atoms with Crippen LogP contribution in [0.15, 0.2) is 39.4 Å². The number of rotatable bonds is 6. The number of anilines is 1. The molecule has 0 spiro atoms. The number of furan rings is 1. The first-order chi connectivity index (χ1) is 10.1. The molecule has 0 bridgehead atoms. The van der Waals surface area contributed by atoms with Crippen molar-refractivity contribution in [3.05, 3.63) is 45.8 Å². The van der Waals surface area contributed by atoms with Crippen LogP contribution in [0.1, 0.15) is 10.6 Å². The molecule has 1 heterocycles. The summed E-state index contributed by atoms with van der Waals surface area (Å²) in [6, 6.07) is 8.19. The Morgan fingerprint density at radius 1 is 1.33 bits per heavy atom. The molecular weight excluding hydrogens is 362 g/mol. The fraction of sp³-hybridized carbons (Fsp3) is 0.214. The third-order valence-electron chi connectivity index (χ3n) is 2.53. The maximum atomic E-state index is 12.1. The summed E-state index contributed by atoms with van der Waals surface area (Å²) in [5, 5.41) is 3.19. The molecule has 1 amide bonds. The first-order valence-electron chi connectivity index (χ1n) is 6.08. The summed E-state index contributed by atoms with van der Waals surface area (Å²) in [5.74, 6) is 0.305. The molecule has 0 aliphatic carbocycles. The van der Waals surface area contributed by atoms with Gasteiger partial charge in [-0.1, -0.05) is 11.6 Å². The molecule has 0 radical (unpaired) electrons. The Balaban J connectivity index is 2.13. The number of nitrogens with one attached hydrogen (secondary N) is 1. The number of carbonyl (C=O) groups excluding carboxylic acids is 1. The molecular formula is C14H13BrClNO4. The maximum Gasteiger partial charge on any atom is 0.291 e. The highest BCUT2D eigenvalue weighted by Crippen LogP contribution is 2.28. The van der Waals surface area contributed by atoms with Gasteiger partial charge in [0.1, 0.15) is 12.4 Å². The molecule has 0 unspecified atom stereocenters. The van der Waals surface area contributed by atoms with Crippen LogP contribution < -0.4 is 10.1 Å². The molecule has 112 valence electrons. The molecule has 0 aliphatic rings. The van der Waals surface area contributed by atoms with Crippen LogP contribution in [-0.4, -0.2) is 26.2 Å². The third-order valence-corrected chi connectivity index (χ3v) is 3.19. The predicted molar refractivity (Wildman–Crippen MR) is 83.2 cm³/mol. The van der Waals surface area contributed by atoms with Crippen LogP contribution in [0, 0.1) is 0 Å². The van der Waals surface area contributed by atoms with Crippen molar-refractivity contribution < 1.29 is 18.7 Å². The van der Waals surface area contributed by atoms with Crippen molar-refractivity contribution in [2.24, 2.45) is 0 Å². The standard InChI is InChI=1S/C14H13BrClNO4/c1-19-6-7-20-11-3-2-9(16)8-10(11)17-14(18)12-4-5-13(15)21-12/h2-5,8H,6-7H2,1H3,(H,17,18). The Morgan fingerprint density at radius 2 is 2.14 bits per heavy atom. The van der Waals surface area contributed by atoms with Crippen molar-refractivity contribution in [2.75, 3.05) is 25.6 Å². The summed E-state index contributed by atoms with van der Waals surface area (Å²) < 4.78 is 16.1. The van der Waals surface area contributed by atoms with Crippen LogP contribution in [0.4, 0.5) is 5.69 Å². The van der Waals surface area contributed by atoms with E-state index in [1.807, 2.05) is 0 Å². The summed E-state index contributed by atoms with van der Waals surface area (Å²) >= 11 is 9.10. The minimum Gasteiger partial charge on any atom is -0.489 e. The number of methoxy groups -OCH3 is 1. The number of hydrogen-bond acceptors (Lipinski definition) is 4. The quantitative estimate of drug-likeness (QED) is 0.777. The molecule has 0 saturated carbocycles. The van der Waals surface area contributed by atoms with Crippen molar-refractivity contribution in [1.29, 1.82) is 0 Å². The number of hydrogen-bond donors (Lipinski definition) is 1. The Morgan fingerprint density at radius 3 is 2.81 bits per heavy atom. The normalized spacial score (nSPS) is 10.4. The van der Waals surface area contributed by atoms with Gasteiger partial charge in [-0.3, -0.25) is 4.79 Å². The summed E-state index contributed by atoms with van der Waals surface area (Å²) in [4.78, 5) is 12.1. The van der Waals surface area contributed by atoms with Crippen molar-refractivity contribution in [1.82, 2.24) is 0 Å². The SMILES string of the molecule is COCCOc1ccc(Cl)cc1NC(=O)c1ccc(Br)o1. The van der Waals surface area contributed by atoms with Crippen LogP contribution >= 0.6 is 27.5 Å². The average molecular weight is 375 g/mol. The van der Waals surface area contributed by atoms with Crippen LogP contribution in [0.5, 0.6) is 5.75 Å². The van der Waals surface area contributed by atoms with Crippen LogP contribution in [0.25, 0.3) is 0 Å². The van der Waals surface area contributed by atoms with Gasteiger partial charge in [0.15, 0.2) is 10.4 Å². The van der Waals surface area contributed by atoms with E-state index >= 15 is 0 Å². The van der Waals surface area contributed by atoms with Gasteiger partial charge >= 0.3 is 0 Å². The highest BCUT2D eigenvalue weighted by atomic mass is 79.9. The zero-order valence-electron chi connectivity index (χ0n) is 11.2. The van der Waals surface area contributed by atoms with E-state index in [0.717, 1.165) is 0 Å². The average Bonchev–Trinajstić information content (AvgIpc) is 2.88. The molecule has 21 heavy (non-hydrogen) atoms. The van der Waals surface area contributed by atoms with Gasteiger partial charge in [-0.15, -0.1) is 0 Å². The second-order valence-corrected chi connectivity index (χ2v) is 5.26. The van der Waals surface area contributed by atoms with Crippen molar-refractivity contribution in [3.8, 4) is 5.75 Å². The second-order valence-electron chi connectivity index (χ2n) is 4.04. The lowest BCUT2D eigenvalue weighted by Gasteiger charge is -2.12. The second kappa shape index (κ2) is 7.49. The fourth-order valence-electron chi connectivity index (χ4n) is 1.58. The van der Waals surface area contributed by atoms with E-state index in [1.54, 1.807) is 37.4 Å². The third kappa shape index (κ3) is 4.49. The number of amides is 1. The van der Waals surface area contributed by atoms with E-state index in [2.05, 4.69) is 21.2 Å². The van der Waals surface area contributed by atoms with Crippen LogP contribution in [0.3, 0.4) is 0 Å². The largest absolute Gasteiger partial charge is 0.489 e. The molecule has 1 aromatic heterocycles. The van der Waals surface area contributed by atoms with E-state index < -0.39 is 0 Å².